The fraction of sp³-hybridized carbons (Fsp3) is 0.100. The second-order valence-electron chi connectivity index (χ2n) is 5.74. The van der Waals surface area contributed by atoms with E-state index in [9.17, 15) is 14.4 Å². The Labute approximate surface area is 165 Å². The molecule has 0 atom stereocenters. The lowest BCUT2D eigenvalue weighted by Crippen LogP contribution is -2.17. The van der Waals surface area contributed by atoms with Gasteiger partial charge in [-0.25, -0.2) is 9.78 Å². The molecule has 0 saturated carbocycles. The lowest BCUT2D eigenvalue weighted by Gasteiger charge is -2.08. The Morgan fingerprint density at radius 1 is 1.00 bits per heavy atom. The summed E-state index contributed by atoms with van der Waals surface area (Å²) in [5, 5.41) is 7.19. The number of esters is 1. The van der Waals surface area contributed by atoms with Gasteiger partial charge < -0.3 is 15.4 Å². The van der Waals surface area contributed by atoms with Gasteiger partial charge in [0, 0.05) is 5.38 Å². The number of rotatable bonds is 6. The maximum absolute atomic E-state index is 12.4. The third-order valence-corrected chi connectivity index (χ3v) is 4.53. The molecule has 1 aromatic heterocycles. The van der Waals surface area contributed by atoms with Crippen molar-refractivity contribution in [2.24, 2.45) is 0 Å². The van der Waals surface area contributed by atoms with Crippen molar-refractivity contribution in [3.63, 3.8) is 0 Å². The van der Waals surface area contributed by atoms with Gasteiger partial charge in [0.25, 0.3) is 5.91 Å². The zero-order valence-electron chi connectivity index (χ0n) is 15.0. The molecule has 2 aromatic carbocycles. The monoisotopic (exact) mass is 395 g/mol. The van der Waals surface area contributed by atoms with Gasteiger partial charge in [0.2, 0.25) is 5.91 Å². The van der Waals surface area contributed by atoms with Gasteiger partial charge >= 0.3 is 5.97 Å². The van der Waals surface area contributed by atoms with E-state index in [4.69, 9.17) is 4.74 Å². The van der Waals surface area contributed by atoms with Crippen molar-refractivity contribution >= 4 is 39.9 Å². The lowest BCUT2D eigenvalue weighted by atomic mass is 10.1. The van der Waals surface area contributed by atoms with E-state index in [1.807, 2.05) is 30.3 Å². The molecule has 142 valence electrons. The largest absolute Gasteiger partial charge is 0.465 e. The molecule has 7 nitrogen and oxygen atoms in total. The molecule has 2 amide bonds. The Bertz CT molecular complexity index is 1000. The molecule has 2 N–H and O–H groups in total. The molecule has 0 unspecified atom stereocenters. The molecule has 0 aliphatic rings. The topological polar surface area (TPSA) is 97.4 Å². The number of nitrogens with one attached hydrogen (secondary N) is 2. The Morgan fingerprint density at radius 2 is 1.71 bits per heavy atom. The first-order chi connectivity index (χ1) is 13.6. The van der Waals surface area contributed by atoms with Crippen molar-refractivity contribution in [3.8, 4) is 0 Å². The summed E-state index contributed by atoms with van der Waals surface area (Å²) in [7, 11) is 1.27. The number of aromatic nitrogens is 1. The summed E-state index contributed by atoms with van der Waals surface area (Å²) in [6, 6.07) is 15.8. The molecule has 0 aliphatic carbocycles. The standard InChI is InChI=1S/C20H17N3O4S/c1-27-19(26)14-9-5-6-10-15(14)21-18(25)16-12-28-20(22-16)23-17(24)11-13-7-3-2-4-8-13/h2-10,12H,11H2,1H3,(H,21,25)(H,22,23,24). The minimum atomic E-state index is -0.553. The van der Waals surface area contributed by atoms with Crippen molar-refractivity contribution < 1.29 is 19.1 Å². The first-order valence-electron chi connectivity index (χ1n) is 8.35. The summed E-state index contributed by atoms with van der Waals surface area (Å²) in [6.07, 6.45) is 0.217. The van der Waals surface area contributed by atoms with Crippen molar-refractivity contribution in [1.82, 2.24) is 4.98 Å². The molecule has 3 rings (SSSR count). The number of hydrogen-bond acceptors (Lipinski definition) is 6. The highest BCUT2D eigenvalue weighted by Crippen LogP contribution is 2.20. The van der Waals surface area contributed by atoms with E-state index in [-0.39, 0.29) is 23.6 Å². The molecule has 3 aromatic rings. The van der Waals surface area contributed by atoms with Crippen LogP contribution in [0.25, 0.3) is 0 Å². The summed E-state index contributed by atoms with van der Waals surface area (Å²) in [5.74, 6) is -1.26. The Hall–Kier alpha value is -3.52. The van der Waals surface area contributed by atoms with Gasteiger partial charge in [-0.15, -0.1) is 11.3 Å². The molecule has 8 heteroatoms. The van der Waals surface area contributed by atoms with Gasteiger partial charge in [-0.1, -0.05) is 42.5 Å². The van der Waals surface area contributed by atoms with E-state index < -0.39 is 11.9 Å². The maximum Gasteiger partial charge on any atom is 0.339 e. The van der Waals surface area contributed by atoms with Crippen LogP contribution in [0.4, 0.5) is 10.8 Å². The minimum Gasteiger partial charge on any atom is -0.465 e. The van der Waals surface area contributed by atoms with E-state index in [2.05, 4.69) is 15.6 Å². The van der Waals surface area contributed by atoms with Gasteiger partial charge in [-0.3, -0.25) is 9.59 Å². The quantitative estimate of drug-likeness (QED) is 0.624. The number of carbonyl (C=O) groups excluding carboxylic acids is 3. The van der Waals surface area contributed by atoms with Crippen LogP contribution < -0.4 is 10.6 Å². The molecule has 0 saturated heterocycles. The van der Waals surface area contributed by atoms with Crippen LogP contribution in [0.2, 0.25) is 0 Å². The third-order valence-electron chi connectivity index (χ3n) is 3.77. The van der Waals surface area contributed by atoms with Crippen LogP contribution in [0.1, 0.15) is 26.4 Å². The normalized spacial score (nSPS) is 10.2. The van der Waals surface area contributed by atoms with Gasteiger partial charge in [0.1, 0.15) is 5.69 Å². The van der Waals surface area contributed by atoms with Gasteiger partial charge in [0.15, 0.2) is 5.13 Å². The lowest BCUT2D eigenvalue weighted by molar-refractivity contribution is -0.115. The SMILES string of the molecule is COC(=O)c1ccccc1NC(=O)c1csc(NC(=O)Cc2ccccc2)n1. The van der Waals surface area contributed by atoms with Crippen LogP contribution >= 0.6 is 11.3 Å². The highest BCUT2D eigenvalue weighted by atomic mass is 32.1. The average Bonchev–Trinajstić information content (AvgIpc) is 3.17. The molecular formula is C20H17N3O4S. The summed E-state index contributed by atoms with van der Waals surface area (Å²) < 4.78 is 4.71. The number of ether oxygens (including phenoxy) is 1. The third kappa shape index (κ3) is 4.80. The van der Waals surface area contributed by atoms with Crippen molar-refractivity contribution in [3.05, 3.63) is 76.8 Å². The van der Waals surface area contributed by atoms with E-state index in [1.54, 1.807) is 24.3 Å². The van der Waals surface area contributed by atoms with Gasteiger partial charge in [0.05, 0.1) is 24.8 Å². The zero-order chi connectivity index (χ0) is 19.9. The van der Waals surface area contributed by atoms with E-state index >= 15 is 0 Å². The van der Waals surface area contributed by atoms with Crippen LogP contribution in [-0.2, 0) is 16.0 Å². The zero-order valence-corrected chi connectivity index (χ0v) is 15.8. The van der Waals surface area contributed by atoms with Crippen LogP contribution in [0.3, 0.4) is 0 Å². The molecule has 0 fully saturated rings. The second-order valence-corrected chi connectivity index (χ2v) is 6.60. The summed E-state index contributed by atoms with van der Waals surface area (Å²) in [4.78, 5) is 40.5. The fourth-order valence-electron chi connectivity index (χ4n) is 2.45. The molecule has 0 aliphatic heterocycles. The summed E-state index contributed by atoms with van der Waals surface area (Å²) >= 11 is 1.15. The number of nitrogens with zero attached hydrogens (tertiary/aromatic N) is 1. The number of benzene rings is 2. The van der Waals surface area contributed by atoms with Gasteiger partial charge in [-0.05, 0) is 17.7 Å². The number of anilines is 2. The number of thiazole rings is 1. The highest BCUT2D eigenvalue weighted by Gasteiger charge is 2.17. The predicted octanol–water partition coefficient (Wildman–Crippen LogP) is 3.36. The summed E-state index contributed by atoms with van der Waals surface area (Å²) in [6.45, 7) is 0. The highest BCUT2D eigenvalue weighted by molar-refractivity contribution is 7.14. The predicted molar refractivity (Wildman–Crippen MR) is 107 cm³/mol. The van der Waals surface area contributed by atoms with Crippen LogP contribution in [0.15, 0.2) is 60.0 Å². The number of carbonyl (C=O) groups is 3. The maximum atomic E-state index is 12.4. The molecule has 1 heterocycles. The first-order valence-corrected chi connectivity index (χ1v) is 9.23. The van der Waals surface area contributed by atoms with Crippen molar-refractivity contribution in [2.45, 2.75) is 6.42 Å². The number of hydrogen-bond donors (Lipinski definition) is 2. The minimum absolute atomic E-state index is 0.139. The molecular weight excluding hydrogens is 378 g/mol. The number of amides is 2. The number of methoxy groups -OCH3 is 1. The Kier molecular flexibility index (Phi) is 6.13. The van der Waals surface area contributed by atoms with E-state index in [0.29, 0.717) is 10.8 Å². The second kappa shape index (κ2) is 8.92. The van der Waals surface area contributed by atoms with Crippen molar-refractivity contribution in [2.75, 3.05) is 17.7 Å². The average molecular weight is 395 g/mol. The van der Waals surface area contributed by atoms with E-state index in [0.717, 1.165) is 16.9 Å². The van der Waals surface area contributed by atoms with Crippen LogP contribution in [-0.4, -0.2) is 29.9 Å². The fourth-order valence-corrected chi connectivity index (χ4v) is 3.15. The van der Waals surface area contributed by atoms with Crippen LogP contribution in [0, 0.1) is 0 Å². The van der Waals surface area contributed by atoms with Crippen molar-refractivity contribution in [1.29, 1.82) is 0 Å². The molecule has 28 heavy (non-hydrogen) atoms. The van der Waals surface area contributed by atoms with Gasteiger partial charge in [-0.2, -0.15) is 0 Å². The van der Waals surface area contributed by atoms with Crippen LogP contribution in [0.5, 0.6) is 0 Å². The van der Waals surface area contributed by atoms with E-state index in [1.165, 1.54) is 12.5 Å². The summed E-state index contributed by atoms with van der Waals surface area (Å²) in [5.41, 5.74) is 1.58. The number of para-hydroxylation sites is 1. The first kappa shape index (κ1) is 19.2. The Balaban J connectivity index is 1.65. The molecule has 0 bridgehead atoms. The molecule has 0 radical (unpaired) electrons. The Morgan fingerprint density at radius 3 is 2.46 bits per heavy atom. The molecule has 0 spiro atoms. The smallest absolute Gasteiger partial charge is 0.339 e.